The van der Waals surface area contributed by atoms with E-state index < -0.39 is 17.6 Å². The lowest BCUT2D eigenvalue weighted by Crippen LogP contribution is -2.71. The van der Waals surface area contributed by atoms with E-state index in [-0.39, 0.29) is 17.8 Å². The summed E-state index contributed by atoms with van der Waals surface area (Å²) in [5, 5.41) is 33.6. The van der Waals surface area contributed by atoms with Gasteiger partial charge in [0.15, 0.2) is 11.5 Å². The van der Waals surface area contributed by atoms with Gasteiger partial charge >= 0.3 is 0 Å². The average Bonchev–Trinajstić information content (AvgIpc) is 3.20. The van der Waals surface area contributed by atoms with Crippen LogP contribution >= 0.6 is 0 Å². The minimum absolute atomic E-state index is 0.0437. The first-order valence-corrected chi connectivity index (χ1v) is 13.6. The third-order valence-corrected chi connectivity index (χ3v) is 10.6. The van der Waals surface area contributed by atoms with E-state index in [1.807, 2.05) is 6.07 Å². The molecule has 2 aromatic carbocycles. The van der Waals surface area contributed by atoms with Crippen LogP contribution in [0.5, 0.6) is 11.5 Å². The van der Waals surface area contributed by atoms with Gasteiger partial charge in [-0.25, -0.2) is 0 Å². The van der Waals surface area contributed by atoms with Crippen molar-refractivity contribution in [2.45, 2.75) is 75.0 Å². The number of phenolic OH excluding ortho intramolecular Hbond substituents is 1. The second kappa shape index (κ2) is 7.96. The first kappa shape index (κ1) is 22.1. The topological polar surface area (TPSA) is 73.2 Å². The Kier molecular flexibility index (Phi) is 5.04. The van der Waals surface area contributed by atoms with E-state index in [9.17, 15) is 15.3 Å². The molecule has 7 rings (SSSR count). The van der Waals surface area contributed by atoms with Crippen LogP contribution in [0.1, 0.15) is 55.2 Å². The Labute approximate surface area is 207 Å². The molecule has 2 aliphatic heterocycles. The van der Waals surface area contributed by atoms with Crippen LogP contribution < -0.4 is 4.74 Å². The Morgan fingerprint density at radius 3 is 2.66 bits per heavy atom. The lowest BCUT2D eigenvalue weighted by molar-refractivity contribution is -0.181. The van der Waals surface area contributed by atoms with Crippen molar-refractivity contribution in [3.05, 3.63) is 59.2 Å². The highest BCUT2D eigenvalue weighted by atomic mass is 16.5. The molecule has 4 unspecified atom stereocenters. The van der Waals surface area contributed by atoms with E-state index >= 15 is 0 Å². The Bertz CT molecular complexity index is 1120. The molecule has 0 radical (unpaired) electrons. The predicted molar refractivity (Wildman–Crippen MR) is 134 cm³/mol. The van der Waals surface area contributed by atoms with Gasteiger partial charge in [-0.3, -0.25) is 4.90 Å². The van der Waals surface area contributed by atoms with Crippen LogP contribution in [0.2, 0.25) is 0 Å². The summed E-state index contributed by atoms with van der Waals surface area (Å²) < 4.78 is 6.55. The van der Waals surface area contributed by atoms with Gasteiger partial charge in [0.2, 0.25) is 0 Å². The van der Waals surface area contributed by atoms with E-state index in [0.717, 1.165) is 44.6 Å². The molecule has 186 valence electrons. The maximum atomic E-state index is 11.9. The summed E-state index contributed by atoms with van der Waals surface area (Å²) in [6, 6.07) is 14.7. The van der Waals surface area contributed by atoms with Crippen molar-refractivity contribution in [1.82, 2.24) is 4.90 Å². The molecule has 35 heavy (non-hydrogen) atoms. The molecular formula is C30H37NO4. The van der Waals surface area contributed by atoms with Gasteiger partial charge < -0.3 is 20.1 Å². The fourth-order valence-corrected chi connectivity index (χ4v) is 8.53. The van der Waals surface area contributed by atoms with E-state index in [1.165, 1.54) is 42.5 Å². The number of likely N-dealkylation sites (tertiary alicyclic amines) is 1. The fraction of sp³-hybridized carbons (Fsp3) is 0.600. The van der Waals surface area contributed by atoms with Gasteiger partial charge in [0.05, 0.1) is 12.7 Å². The van der Waals surface area contributed by atoms with Crippen molar-refractivity contribution in [3.63, 3.8) is 0 Å². The summed E-state index contributed by atoms with van der Waals surface area (Å²) in [6.07, 6.45) is 7.13. The summed E-state index contributed by atoms with van der Waals surface area (Å²) in [5.41, 5.74) is 2.81. The van der Waals surface area contributed by atoms with Crippen molar-refractivity contribution in [2.24, 2.45) is 17.3 Å². The average molecular weight is 476 g/mol. The Hall–Kier alpha value is -2.08. The number of hydrogen-bond acceptors (Lipinski definition) is 5. The summed E-state index contributed by atoms with van der Waals surface area (Å²) in [4.78, 5) is 2.74. The van der Waals surface area contributed by atoms with Gasteiger partial charge in [-0.2, -0.15) is 0 Å². The van der Waals surface area contributed by atoms with Crippen molar-refractivity contribution < 1.29 is 20.1 Å². The summed E-state index contributed by atoms with van der Waals surface area (Å²) in [7, 11) is 0. The van der Waals surface area contributed by atoms with Crippen LogP contribution in [0.4, 0.5) is 0 Å². The number of aryl methyl sites for hydroxylation is 1. The maximum Gasteiger partial charge on any atom is 0.165 e. The number of nitrogens with zero attached hydrogens (tertiary/aromatic N) is 1. The molecule has 2 heterocycles. The van der Waals surface area contributed by atoms with Gasteiger partial charge in [0.25, 0.3) is 0 Å². The monoisotopic (exact) mass is 475 g/mol. The van der Waals surface area contributed by atoms with E-state index in [1.54, 1.807) is 6.07 Å². The molecule has 5 nitrogen and oxygen atoms in total. The van der Waals surface area contributed by atoms with E-state index in [0.29, 0.717) is 17.7 Å². The van der Waals surface area contributed by atoms with Crippen LogP contribution in [0.25, 0.3) is 0 Å². The first-order chi connectivity index (χ1) is 17.1. The molecule has 5 aliphatic rings. The zero-order chi connectivity index (χ0) is 23.8. The number of phenols is 1. The molecule has 1 saturated heterocycles. The van der Waals surface area contributed by atoms with Crippen molar-refractivity contribution in [1.29, 1.82) is 0 Å². The third-order valence-electron chi connectivity index (χ3n) is 10.6. The number of piperidine rings is 1. The lowest BCUT2D eigenvalue weighted by atomic mass is 9.46. The number of aliphatic hydroxyl groups is 2. The number of benzene rings is 2. The normalized spacial score (nSPS) is 37.4. The second-order valence-electron chi connectivity index (χ2n) is 12.1. The highest BCUT2D eigenvalue weighted by Crippen LogP contribution is 2.67. The number of rotatable bonds is 6. The number of aliphatic hydroxyl groups excluding tert-OH is 2. The summed E-state index contributed by atoms with van der Waals surface area (Å²) >= 11 is 0. The highest BCUT2D eigenvalue weighted by molar-refractivity contribution is 5.61. The molecular weight excluding hydrogens is 438 g/mol. The molecule has 2 bridgehead atoms. The molecule has 0 aromatic heterocycles. The minimum Gasteiger partial charge on any atom is -0.504 e. The molecule has 6 atom stereocenters. The Morgan fingerprint density at radius 1 is 1.09 bits per heavy atom. The second-order valence-corrected chi connectivity index (χ2v) is 12.1. The Morgan fingerprint density at radius 2 is 1.91 bits per heavy atom. The zero-order valence-electron chi connectivity index (χ0n) is 20.4. The standard InChI is InChI=1S/C30H37NO4/c32-18-29(12-11-19-5-2-1-3-6-19)16-22-23-15-21-9-10-24(33)26-25(21)30(22,28(35-26)27(29)34)13-14-31(23)17-20-7-4-8-20/h1-3,5-6,9-10,20,22-23,27-28,32-34H,4,7-8,11-18H2/t22?,23?,27-,28?,29+,30?/m0/s1. The molecule has 5 heteroatoms. The molecule has 2 saturated carbocycles. The fourth-order valence-electron chi connectivity index (χ4n) is 8.53. The van der Waals surface area contributed by atoms with Crippen molar-refractivity contribution >= 4 is 0 Å². The smallest absolute Gasteiger partial charge is 0.165 e. The molecule has 3 aliphatic carbocycles. The van der Waals surface area contributed by atoms with Gasteiger partial charge in [-0.1, -0.05) is 42.8 Å². The van der Waals surface area contributed by atoms with Crippen molar-refractivity contribution in [3.8, 4) is 11.5 Å². The van der Waals surface area contributed by atoms with Gasteiger partial charge in [0, 0.05) is 29.0 Å². The van der Waals surface area contributed by atoms with Gasteiger partial charge in [0.1, 0.15) is 6.10 Å². The highest BCUT2D eigenvalue weighted by Gasteiger charge is 2.70. The molecule has 0 amide bonds. The lowest BCUT2D eigenvalue weighted by Gasteiger charge is -2.63. The summed E-state index contributed by atoms with van der Waals surface area (Å²) in [6.45, 7) is 2.15. The van der Waals surface area contributed by atoms with Crippen LogP contribution in [0.15, 0.2) is 42.5 Å². The van der Waals surface area contributed by atoms with Crippen LogP contribution in [0, 0.1) is 17.3 Å². The summed E-state index contributed by atoms with van der Waals surface area (Å²) in [5.74, 6) is 1.90. The van der Waals surface area contributed by atoms with E-state index in [4.69, 9.17) is 4.74 Å². The van der Waals surface area contributed by atoms with Crippen LogP contribution in [-0.4, -0.2) is 58.2 Å². The van der Waals surface area contributed by atoms with Crippen molar-refractivity contribution in [2.75, 3.05) is 19.7 Å². The van der Waals surface area contributed by atoms with Gasteiger partial charge in [-0.05, 0) is 80.5 Å². The van der Waals surface area contributed by atoms with Crippen LogP contribution in [-0.2, 0) is 18.3 Å². The molecule has 1 spiro atoms. The first-order valence-electron chi connectivity index (χ1n) is 13.6. The third kappa shape index (κ3) is 3.04. The zero-order valence-corrected chi connectivity index (χ0v) is 20.4. The largest absolute Gasteiger partial charge is 0.504 e. The van der Waals surface area contributed by atoms with E-state index in [2.05, 4.69) is 35.2 Å². The quantitative estimate of drug-likeness (QED) is 0.593. The number of aromatic hydroxyl groups is 1. The minimum atomic E-state index is -0.774. The predicted octanol–water partition coefficient (Wildman–Crippen LogP) is 3.81. The molecule has 3 fully saturated rings. The number of hydrogen-bond donors (Lipinski definition) is 3. The molecule has 2 aromatic rings. The number of ether oxygens (including phenoxy) is 1. The SMILES string of the molecule is OC[C@@]1(CCc2ccccc2)CC2C3Cc4ccc(O)c5c4C2(CCN3CC2CCC2)C(O5)[C@@H]1O. The maximum absolute atomic E-state index is 11.9. The Balaban J connectivity index is 1.30. The molecule has 3 N–H and O–H groups in total. The van der Waals surface area contributed by atoms with Gasteiger partial charge in [-0.15, -0.1) is 0 Å². The van der Waals surface area contributed by atoms with Crippen LogP contribution in [0.3, 0.4) is 0 Å².